The Hall–Kier alpha value is -2.54. The topological polar surface area (TPSA) is 73.0 Å². The van der Waals surface area contributed by atoms with Gasteiger partial charge in [0.2, 0.25) is 5.91 Å². The van der Waals surface area contributed by atoms with Gasteiger partial charge in [-0.1, -0.05) is 61.4 Å². The summed E-state index contributed by atoms with van der Waals surface area (Å²) in [6.45, 7) is 0.404. The van der Waals surface area contributed by atoms with Crippen molar-refractivity contribution in [3.63, 3.8) is 0 Å². The fraction of sp³-hybridized carbons (Fsp3) is 0.409. The van der Waals surface area contributed by atoms with Crippen molar-refractivity contribution < 1.29 is 9.21 Å². The van der Waals surface area contributed by atoms with Gasteiger partial charge < -0.3 is 14.3 Å². The molecule has 7 heteroatoms. The molecule has 1 N–H and O–H groups in total. The second-order valence-electron chi connectivity index (χ2n) is 7.37. The van der Waals surface area contributed by atoms with Crippen LogP contribution in [0.4, 0.5) is 0 Å². The number of hydrogen-bond acceptors (Lipinski definition) is 5. The van der Waals surface area contributed by atoms with E-state index in [0.717, 1.165) is 36.0 Å². The van der Waals surface area contributed by atoms with Gasteiger partial charge >= 0.3 is 0 Å². The Morgan fingerprint density at radius 1 is 1.10 bits per heavy atom. The minimum atomic E-state index is -0.0331. The minimum Gasteiger partial charge on any atom is -0.467 e. The molecule has 0 bridgehead atoms. The van der Waals surface area contributed by atoms with E-state index in [-0.39, 0.29) is 5.91 Å². The molecule has 1 aromatic carbocycles. The summed E-state index contributed by atoms with van der Waals surface area (Å²) in [7, 11) is 0. The molecule has 0 saturated heterocycles. The van der Waals surface area contributed by atoms with E-state index in [1.807, 2.05) is 18.2 Å². The molecule has 1 fully saturated rings. The summed E-state index contributed by atoms with van der Waals surface area (Å²) in [6.07, 6.45) is 8.44. The second kappa shape index (κ2) is 9.78. The first-order valence-electron chi connectivity index (χ1n) is 10.2. The van der Waals surface area contributed by atoms with Crippen LogP contribution in [0.15, 0.2) is 58.3 Å². The molecule has 0 spiro atoms. The molecule has 1 amide bonds. The molecule has 1 aliphatic carbocycles. The first-order chi connectivity index (χ1) is 14.3. The van der Waals surface area contributed by atoms with E-state index < -0.39 is 0 Å². The Morgan fingerprint density at radius 2 is 1.93 bits per heavy atom. The molecular formula is C22H26N4O2S. The largest absolute Gasteiger partial charge is 0.467 e. The summed E-state index contributed by atoms with van der Waals surface area (Å²) in [4.78, 5) is 12.3. The van der Waals surface area contributed by atoms with E-state index in [1.165, 1.54) is 36.6 Å². The van der Waals surface area contributed by atoms with Gasteiger partial charge in [0.1, 0.15) is 11.6 Å². The zero-order valence-electron chi connectivity index (χ0n) is 16.4. The van der Waals surface area contributed by atoms with Crippen molar-refractivity contribution >= 4 is 17.7 Å². The van der Waals surface area contributed by atoms with Gasteiger partial charge in [-0.2, -0.15) is 0 Å². The summed E-state index contributed by atoms with van der Waals surface area (Å²) < 4.78 is 7.55. The summed E-state index contributed by atoms with van der Waals surface area (Å²) >= 11 is 1.46. The van der Waals surface area contributed by atoms with Gasteiger partial charge in [0, 0.05) is 12.5 Å². The molecule has 0 aliphatic heterocycles. The molecule has 29 heavy (non-hydrogen) atoms. The van der Waals surface area contributed by atoms with Crippen molar-refractivity contribution in [3.05, 3.63) is 65.9 Å². The van der Waals surface area contributed by atoms with E-state index in [0.29, 0.717) is 18.3 Å². The number of carbonyl (C=O) groups excluding carboxylic acids is 1. The summed E-state index contributed by atoms with van der Waals surface area (Å²) in [5.74, 6) is 2.02. The van der Waals surface area contributed by atoms with E-state index in [4.69, 9.17) is 4.42 Å². The molecule has 152 valence electrons. The highest BCUT2D eigenvalue weighted by molar-refractivity contribution is 7.99. The van der Waals surface area contributed by atoms with Gasteiger partial charge in [-0.05, 0) is 30.5 Å². The van der Waals surface area contributed by atoms with Gasteiger partial charge in [0.15, 0.2) is 5.16 Å². The predicted octanol–water partition coefficient (Wildman–Crippen LogP) is 4.38. The lowest BCUT2D eigenvalue weighted by molar-refractivity contribution is -0.118. The maximum atomic E-state index is 12.3. The summed E-state index contributed by atoms with van der Waals surface area (Å²) in [6, 6.07) is 14.5. The lowest BCUT2D eigenvalue weighted by atomic mass is 9.95. The van der Waals surface area contributed by atoms with Gasteiger partial charge in [-0.15, -0.1) is 10.2 Å². The summed E-state index contributed by atoms with van der Waals surface area (Å²) in [5.41, 5.74) is 1.23. The number of nitrogens with one attached hydrogen (secondary N) is 1. The second-order valence-corrected chi connectivity index (χ2v) is 8.31. The van der Waals surface area contributed by atoms with Crippen LogP contribution in [0.5, 0.6) is 0 Å². The number of rotatable bonds is 8. The lowest BCUT2D eigenvalue weighted by Crippen LogP contribution is -2.24. The minimum absolute atomic E-state index is 0.0331. The fourth-order valence-corrected chi connectivity index (χ4v) is 4.65. The lowest BCUT2D eigenvalue weighted by Gasteiger charge is -2.25. The standard InChI is InChI=1S/C22H26N4O2S/c27-21(23-15-19-12-7-13-28-19)16-29-22-25-24-20(14-17-8-3-1-4-9-17)26(22)18-10-5-2-6-11-18/h1,3-4,7-9,12-13,18H,2,5-6,10-11,14-16H2,(H,23,27). The highest BCUT2D eigenvalue weighted by Gasteiger charge is 2.23. The smallest absolute Gasteiger partial charge is 0.230 e. The molecule has 1 aliphatic rings. The van der Waals surface area contributed by atoms with E-state index >= 15 is 0 Å². The number of amides is 1. The Balaban J connectivity index is 1.44. The number of furan rings is 1. The van der Waals surface area contributed by atoms with Crippen LogP contribution in [0, 0.1) is 0 Å². The molecule has 4 rings (SSSR count). The molecule has 1 saturated carbocycles. The van der Waals surface area contributed by atoms with Crippen LogP contribution in [0.3, 0.4) is 0 Å². The van der Waals surface area contributed by atoms with Crippen molar-refractivity contribution in [1.29, 1.82) is 0 Å². The molecule has 0 unspecified atom stereocenters. The van der Waals surface area contributed by atoms with Crippen molar-refractivity contribution in [2.75, 3.05) is 5.75 Å². The molecule has 2 heterocycles. The highest BCUT2D eigenvalue weighted by Crippen LogP contribution is 2.33. The van der Waals surface area contributed by atoms with Crippen LogP contribution in [0.1, 0.15) is 55.3 Å². The number of carbonyl (C=O) groups is 1. The van der Waals surface area contributed by atoms with Crippen LogP contribution in [-0.4, -0.2) is 26.4 Å². The Bertz CT molecular complexity index is 902. The molecule has 0 atom stereocenters. The third-order valence-electron chi connectivity index (χ3n) is 5.25. The number of benzene rings is 1. The molecular weight excluding hydrogens is 384 g/mol. The maximum Gasteiger partial charge on any atom is 0.230 e. The third kappa shape index (κ3) is 5.29. The zero-order valence-corrected chi connectivity index (χ0v) is 17.2. The fourth-order valence-electron chi connectivity index (χ4n) is 3.79. The SMILES string of the molecule is O=C(CSc1nnc(Cc2ccccc2)n1C1CCCCC1)NCc1ccco1. The van der Waals surface area contributed by atoms with Crippen molar-refractivity contribution in [3.8, 4) is 0 Å². The Labute approximate surface area is 175 Å². The molecule has 0 radical (unpaired) electrons. The van der Waals surface area contributed by atoms with Crippen LogP contribution < -0.4 is 5.32 Å². The van der Waals surface area contributed by atoms with Gasteiger partial charge in [0.05, 0.1) is 18.6 Å². The molecule has 3 aromatic rings. The van der Waals surface area contributed by atoms with Gasteiger partial charge in [-0.25, -0.2) is 0 Å². The number of thioether (sulfide) groups is 1. The monoisotopic (exact) mass is 410 g/mol. The van der Waals surface area contributed by atoms with E-state index in [9.17, 15) is 4.79 Å². The Morgan fingerprint density at radius 3 is 2.69 bits per heavy atom. The van der Waals surface area contributed by atoms with Crippen LogP contribution in [-0.2, 0) is 17.8 Å². The highest BCUT2D eigenvalue weighted by atomic mass is 32.2. The maximum absolute atomic E-state index is 12.3. The van der Waals surface area contributed by atoms with Crippen molar-refractivity contribution in [1.82, 2.24) is 20.1 Å². The van der Waals surface area contributed by atoms with Crippen LogP contribution >= 0.6 is 11.8 Å². The normalized spacial score (nSPS) is 14.8. The summed E-state index contributed by atoms with van der Waals surface area (Å²) in [5, 5.41) is 12.7. The van der Waals surface area contributed by atoms with Gasteiger partial charge in [0.25, 0.3) is 0 Å². The van der Waals surface area contributed by atoms with E-state index in [2.05, 4.69) is 44.3 Å². The number of aromatic nitrogens is 3. The average Bonchev–Trinajstić information content (AvgIpc) is 3.42. The Kier molecular flexibility index (Phi) is 6.67. The molecule has 2 aromatic heterocycles. The number of nitrogens with zero attached hydrogens (tertiary/aromatic N) is 3. The zero-order chi connectivity index (χ0) is 19.9. The number of hydrogen-bond donors (Lipinski definition) is 1. The van der Waals surface area contributed by atoms with E-state index in [1.54, 1.807) is 6.26 Å². The van der Waals surface area contributed by atoms with Crippen LogP contribution in [0.2, 0.25) is 0 Å². The first-order valence-corrected chi connectivity index (χ1v) is 11.2. The third-order valence-corrected chi connectivity index (χ3v) is 6.20. The van der Waals surface area contributed by atoms with Gasteiger partial charge in [-0.3, -0.25) is 4.79 Å². The van der Waals surface area contributed by atoms with Crippen LogP contribution in [0.25, 0.3) is 0 Å². The van der Waals surface area contributed by atoms with Crippen molar-refractivity contribution in [2.45, 2.75) is 56.3 Å². The quantitative estimate of drug-likeness (QED) is 0.558. The van der Waals surface area contributed by atoms with Crippen molar-refractivity contribution in [2.24, 2.45) is 0 Å². The predicted molar refractivity (Wildman–Crippen MR) is 113 cm³/mol. The molecule has 6 nitrogen and oxygen atoms in total. The first kappa shape index (κ1) is 19.8. The average molecular weight is 411 g/mol.